The molecule has 0 unspecified atom stereocenters. The zero-order valence-corrected chi connectivity index (χ0v) is 14.6. The summed E-state index contributed by atoms with van der Waals surface area (Å²) in [6.07, 6.45) is 0. The minimum absolute atomic E-state index is 0.0430. The van der Waals surface area contributed by atoms with E-state index in [1.165, 1.54) is 29.8 Å². The predicted octanol–water partition coefficient (Wildman–Crippen LogP) is 4.55. The Balaban J connectivity index is 1.54. The van der Waals surface area contributed by atoms with Crippen molar-refractivity contribution in [2.75, 3.05) is 6.61 Å². The van der Waals surface area contributed by atoms with E-state index in [0.29, 0.717) is 11.5 Å². The highest BCUT2D eigenvalue weighted by molar-refractivity contribution is 5.74. The highest BCUT2D eigenvalue weighted by Gasteiger charge is 2.09. The van der Waals surface area contributed by atoms with E-state index >= 15 is 0 Å². The number of carbonyl (C=O) groups excluding carboxylic acids is 1. The van der Waals surface area contributed by atoms with E-state index < -0.39 is 10.9 Å². The molecule has 0 saturated heterocycles. The third kappa shape index (κ3) is 4.92. The molecule has 27 heavy (non-hydrogen) atoms. The monoisotopic (exact) mass is 363 g/mol. The summed E-state index contributed by atoms with van der Waals surface area (Å²) < 4.78 is 10.5. The Morgan fingerprint density at radius 1 is 0.852 bits per heavy atom. The number of rotatable bonds is 6. The number of esters is 1. The van der Waals surface area contributed by atoms with Crippen molar-refractivity contribution < 1.29 is 19.2 Å². The number of hydrogen-bond donors (Lipinski definition) is 0. The molecule has 0 bridgehead atoms. The zero-order valence-electron chi connectivity index (χ0n) is 14.6. The molecule has 0 aromatic heterocycles. The smallest absolute Gasteiger partial charge is 0.349 e. The van der Waals surface area contributed by atoms with Crippen LogP contribution in [0.15, 0.2) is 72.8 Å². The van der Waals surface area contributed by atoms with E-state index in [4.69, 9.17) is 9.47 Å². The first kappa shape index (κ1) is 18.1. The highest BCUT2D eigenvalue weighted by Crippen LogP contribution is 2.23. The fraction of sp³-hybridized carbons (Fsp3) is 0.0952. The van der Waals surface area contributed by atoms with Crippen LogP contribution in [0.3, 0.4) is 0 Å². The summed E-state index contributed by atoms with van der Waals surface area (Å²) >= 11 is 0. The van der Waals surface area contributed by atoms with Gasteiger partial charge in [0.1, 0.15) is 11.5 Å². The summed E-state index contributed by atoms with van der Waals surface area (Å²) in [6, 6.07) is 20.8. The zero-order chi connectivity index (χ0) is 19.2. The van der Waals surface area contributed by atoms with Crippen LogP contribution in [-0.4, -0.2) is 17.5 Å². The molecular weight excluding hydrogens is 346 g/mol. The lowest BCUT2D eigenvalue weighted by atomic mass is 10.0. The molecule has 0 saturated carbocycles. The fourth-order valence-corrected chi connectivity index (χ4v) is 2.43. The van der Waals surface area contributed by atoms with Gasteiger partial charge in [-0.15, -0.1) is 0 Å². The summed E-state index contributed by atoms with van der Waals surface area (Å²) in [5, 5.41) is 10.6. The lowest BCUT2D eigenvalue weighted by molar-refractivity contribution is -0.384. The van der Waals surface area contributed by atoms with Crippen molar-refractivity contribution in [2.24, 2.45) is 0 Å². The third-order valence-electron chi connectivity index (χ3n) is 3.88. The molecule has 0 aliphatic carbocycles. The molecule has 0 N–H and O–H groups in total. The van der Waals surface area contributed by atoms with Crippen molar-refractivity contribution in [3.63, 3.8) is 0 Å². The maximum Gasteiger partial charge on any atom is 0.349 e. The molecule has 0 aliphatic rings. The molecule has 3 aromatic carbocycles. The topological polar surface area (TPSA) is 78.7 Å². The van der Waals surface area contributed by atoms with Gasteiger partial charge in [-0.25, -0.2) is 4.79 Å². The van der Waals surface area contributed by atoms with Gasteiger partial charge in [-0.1, -0.05) is 42.0 Å². The number of nitro groups is 1. The Hall–Kier alpha value is -3.67. The Kier molecular flexibility index (Phi) is 5.47. The summed E-state index contributed by atoms with van der Waals surface area (Å²) in [4.78, 5) is 22.0. The molecule has 0 fully saturated rings. The van der Waals surface area contributed by atoms with Gasteiger partial charge in [0.05, 0.1) is 4.92 Å². The van der Waals surface area contributed by atoms with Crippen molar-refractivity contribution in [3.8, 4) is 22.6 Å². The van der Waals surface area contributed by atoms with Gasteiger partial charge >= 0.3 is 5.97 Å². The van der Waals surface area contributed by atoms with Crippen molar-refractivity contribution in [1.82, 2.24) is 0 Å². The second-order valence-electron chi connectivity index (χ2n) is 5.90. The van der Waals surface area contributed by atoms with Gasteiger partial charge in [0.15, 0.2) is 6.61 Å². The fourth-order valence-electron chi connectivity index (χ4n) is 2.43. The SMILES string of the molecule is Cc1ccc(-c2ccc(OC(=O)COc3ccc([N+](=O)[O-])cc3)cc2)cc1. The van der Waals surface area contributed by atoms with Crippen LogP contribution in [0.2, 0.25) is 0 Å². The number of nitrogens with zero attached hydrogens (tertiary/aromatic N) is 1. The maximum absolute atomic E-state index is 11.9. The summed E-state index contributed by atoms with van der Waals surface area (Å²) in [7, 11) is 0. The van der Waals surface area contributed by atoms with Crippen molar-refractivity contribution in [3.05, 3.63) is 88.5 Å². The van der Waals surface area contributed by atoms with Crippen molar-refractivity contribution in [1.29, 1.82) is 0 Å². The van der Waals surface area contributed by atoms with Crippen LogP contribution in [-0.2, 0) is 4.79 Å². The Morgan fingerprint density at radius 2 is 1.37 bits per heavy atom. The Bertz CT molecular complexity index is 932. The molecule has 0 amide bonds. The van der Waals surface area contributed by atoms with Crippen LogP contribution in [0.5, 0.6) is 11.5 Å². The van der Waals surface area contributed by atoms with Crippen LogP contribution >= 0.6 is 0 Å². The summed E-state index contributed by atoms with van der Waals surface area (Å²) in [6.45, 7) is 1.74. The number of carbonyl (C=O) groups is 1. The molecule has 0 heterocycles. The average molecular weight is 363 g/mol. The quantitative estimate of drug-likeness (QED) is 0.278. The Morgan fingerprint density at radius 3 is 1.93 bits per heavy atom. The first-order chi connectivity index (χ1) is 13.0. The van der Waals surface area contributed by atoms with Crippen LogP contribution in [0.4, 0.5) is 5.69 Å². The molecule has 0 spiro atoms. The third-order valence-corrected chi connectivity index (χ3v) is 3.88. The van der Waals surface area contributed by atoms with E-state index in [0.717, 1.165) is 11.1 Å². The molecule has 0 aliphatic heterocycles. The molecule has 3 rings (SSSR count). The molecule has 136 valence electrons. The van der Waals surface area contributed by atoms with Gasteiger partial charge in [-0.05, 0) is 42.3 Å². The number of hydrogen-bond acceptors (Lipinski definition) is 5. The lowest BCUT2D eigenvalue weighted by Gasteiger charge is -2.08. The molecule has 6 nitrogen and oxygen atoms in total. The van der Waals surface area contributed by atoms with E-state index in [2.05, 4.69) is 0 Å². The summed E-state index contributed by atoms with van der Waals surface area (Å²) in [5.74, 6) is 0.215. The van der Waals surface area contributed by atoms with Gasteiger partial charge in [0, 0.05) is 12.1 Å². The van der Waals surface area contributed by atoms with E-state index in [-0.39, 0.29) is 12.3 Å². The van der Waals surface area contributed by atoms with Crippen molar-refractivity contribution >= 4 is 11.7 Å². The van der Waals surface area contributed by atoms with E-state index in [9.17, 15) is 14.9 Å². The minimum Gasteiger partial charge on any atom is -0.482 e. The molecule has 0 radical (unpaired) electrons. The molecule has 6 heteroatoms. The number of benzene rings is 3. The van der Waals surface area contributed by atoms with Crippen LogP contribution in [0, 0.1) is 17.0 Å². The van der Waals surface area contributed by atoms with Gasteiger partial charge in [-0.2, -0.15) is 0 Å². The van der Waals surface area contributed by atoms with Crippen molar-refractivity contribution in [2.45, 2.75) is 6.92 Å². The number of nitro benzene ring substituents is 1. The molecule has 3 aromatic rings. The van der Waals surface area contributed by atoms with E-state index in [1.54, 1.807) is 12.1 Å². The van der Waals surface area contributed by atoms with Gasteiger partial charge < -0.3 is 9.47 Å². The number of aryl methyl sites for hydroxylation is 1. The standard InChI is InChI=1S/C21H17NO5/c1-15-2-4-16(5-3-15)17-6-10-20(11-7-17)27-21(23)14-26-19-12-8-18(9-13-19)22(24)25/h2-13H,14H2,1H3. The van der Waals surface area contributed by atoms with Crippen LogP contribution in [0.1, 0.15) is 5.56 Å². The molecule has 0 atom stereocenters. The number of non-ortho nitro benzene ring substituents is 1. The van der Waals surface area contributed by atoms with Gasteiger partial charge in [0.2, 0.25) is 0 Å². The normalized spacial score (nSPS) is 10.3. The second-order valence-corrected chi connectivity index (χ2v) is 5.90. The van der Waals surface area contributed by atoms with Gasteiger partial charge in [0.25, 0.3) is 5.69 Å². The second kappa shape index (κ2) is 8.14. The van der Waals surface area contributed by atoms with E-state index in [1.807, 2.05) is 43.3 Å². The first-order valence-electron chi connectivity index (χ1n) is 8.26. The minimum atomic E-state index is -0.559. The Labute approximate surface area is 156 Å². The summed E-state index contributed by atoms with van der Waals surface area (Å²) in [5.41, 5.74) is 3.26. The first-order valence-corrected chi connectivity index (χ1v) is 8.26. The van der Waals surface area contributed by atoms with Crippen LogP contribution in [0.25, 0.3) is 11.1 Å². The highest BCUT2D eigenvalue weighted by atomic mass is 16.6. The predicted molar refractivity (Wildman–Crippen MR) is 101 cm³/mol. The number of ether oxygens (including phenoxy) is 2. The maximum atomic E-state index is 11.9. The van der Waals surface area contributed by atoms with Crippen LogP contribution < -0.4 is 9.47 Å². The largest absolute Gasteiger partial charge is 0.482 e. The average Bonchev–Trinajstić information content (AvgIpc) is 2.68. The lowest BCUT2D eigenvalue weighted by Crippen LogP contribution is -2.17. The molecular formula is C21H17NO5. The van der Waals surface area contributed by atoms with Gasteiger partial charge in [-0.3, -0.25) is 10.1 Å².